The molecule has 0 aliphatic rings. The van der Waals surface area contributed by atoms with E-state index in [9.17, 15) is 10.1 Å². The highest BCUT2D eigenvalue weighted by atomic mass is 32.1. The summed E-state index contributed by atoms with van der Waals surface area (Å²) in [7, 11) is 0. The van der Waals surface area contributed by atoms with Gasteiger partial charge in [0.05, 0.1) is 15.5 Å². The summed E-state index contributed by atoms with van der Waals surface area (Å²) in [5, 5.41) is 23.2. The Bertz CT molecular complexity index is 1280. The van der Waals surface area contributed by atoms with Gasteiger partial charge in [0.1, 0.15) is 11.2 Å². The lowest BCUT2D eigenvalue weighted by atomic mass is 10.0. The average Bonchev–Trinajstić information content (AvgIpc) is 3.49. The number of thiophene rings is 2. The molecule has 0 amide bonds. The summed E-state index contributed by atoms with van der Waals surface area (Å²) >= 11 is 3.11. The van der Waals surface area contributed by atoms with E-state index in [0.29, 0.717) is 22.4 Å². The van der Waals surface area contributed by atoms with Gasteiger partial charge in [-0.3, -0.25) is 10.1 Å². The lowest BCUT2D eigenvalue weighted by Crippen LogP contribution is -1.95. The molecule has 0 spiro atoms. The number of aromatic nitrogens is 3. The predicted octanol–water partition coefficient (Wildman–Crippen LogP) is 5.65. The maximum atomic E-state index is 11.0. The molecule has 4 heterocycles. The van der Waals surface area contributed by atoms with Crippen molar-refractivity contribution in [1.82, 2.24) is 15.3 Å². The van der Waals surface area contributed by atoms with E-state index in [4.69, 9.17) is 9.61 Å². The van der Waals surface area contributed by atoms with Gasteiger partial charge in [-0.1, -0.05) is 12.1 Å². The number of hydrogen-bond acceptors (Lipinski definition) is 8. The Hall–Kier alpha value is -3.43. The van der Waals surface area contributed by atoms with E-state index in [2.05, 4.69) is 10.3 Å². The fourth-order valence-electron chi connectivity index (χ4n) is 3.03. The van der Waals surface area contributed by atoms with E-state index in [1.807, 2.05) is 35.0 Å². The first-order chi connectivity index (χ1) is 13.7. The number of nitrogens with zero attached hydrogens (tertiary/aromatic N) is 4. The van der Waals surface area contributed by atoms with Gasteiger partial charge in [-0.05, 0) is 45.3 Å². The van der Waals surface area contributed by atoms with Gasteiger partial charge in [0.2, 0.25) is 0 Å². The molecule has 0 unspecified atom stereocenters. The van der Waals surface area contributed by atoms with Crippen LogP contribution in [0.3, 0.4) is 0 Å². The molecular formula is C19H10N4O3S2. The van der Waals surface area contributed by atoms with Gasteiger partial charge in [-0.2, -0.15) is 0 Å². The number of pyridine rings is 1. The van der Waals surface area contributed by atoms with Crippen molar-refractivity contribution in [3.05, 3.63) is 69.4 Å². The Kier molecular flexibility index (Phi) is 3.96. The van der Waals surface area contributed by atoms with E-state index in [1.165, 1.54) is 12.1 Å². The van der Waals surface area contributed by atoms with Gasteiger partial charge in [-0.25, -0.2) is 9.61 Å². The molecule has 0 saturated carbocycles. The highest BCUT2D eigenvalue weighted by molar-refractivity contribution is 7.14. The number of fused-ring (bicyclic) bond motifs is 1. The van der Waals surface area contributed by atoms with Crippen LogP contribution in [-0.4, -0.2) is 20.2 Å². The molecule has 0 aliphatic heterocycles. The summed E-state index contributed by atoms with van der Waals surface area (Å²) in [5.74, 6) is 0. The SMILES string of the molecule is O=[N+]([O-])c1ccc(-c2nc(-c3cccs3)c3nonc3c2-c2cccs2)cc1. The van der Waals surface area contributed by atoms with Crippen LogP contribution in [0.1, 0.15) is 0 Å². The summed E-state index contributed by atoms with van der Waals surface area (Å²) in [6, 6.07) is 14.2. The number of nitro groups is 1. The molecule has 0 atom stereocenters. The first-order valence-corrected chi connectivity index (χ1v) is 9.97. The van der Waals surface area contributed by atoms with Gasteiger partial charge < -0.3 is 0 Å². The second kappa shape index (κ2) is 6.63. The molecule has 0 saturated heterocycles. The zero-order chi connectivity index (χ0) is 19.1. The zero-order valence-corrected chi connectivity index (χ0v) is 15.7. The molecule has 5 aromatic rings. The molecule has 4 aromatic heterocycles. The van der Waals surface area contributed by atoms with Gasteiger partial charge >= 0.3 is 0 Å². The number of hydrogen-bond donors (Lipinski definition) is 0. The summed E-state index contributed by atoms with van der Waals surface area (Å²) in [4.78, 5) is 17.4. The van der Waals surface area contributed by atoms with E-state index in [0.717, 1.165) is 20.9 Å². The molecule has 5 rings (SSSR count). The molecule has 0 aliphatic carbocycles. The maximum Gasteiger partial charge on any atom is 0.269 e. The van der Waals surface area contributed by atoms with E-state index in [-0.39, 0.29) is 5.69 Å². The first kappa shape index (κ1) is 16.7. The van der Waals surface area contributed by atoms with Gasteiger partial charge in [-0.15, -0.1) is 22.7 Å². The number of rotatable bonds is 4. The Morgan fingerprint density at radius 3 is 2.18 bits per heavy atom. The molecule has 1 aromatic carbocycles. The largest absolute Gasteiger partial charge is 0.269 e. The third-order valence-electron chi connectivity index (χ3n) is 4.28. The molecule has 136 valence electrons. The second-order valence-corrected chi connectivity index (χ2v) is 7.80. The fourth-order valence-corrected chi connectivity index (χ4v) is 4.52. The Morgan fingerprint density at radius 1 is 0.857 bits per heavy atom. The highest BCUT2D eigenvalue weighted by Crippen LogP contribution is 2.41. The predicted molar refractivity (Wildman–Crippen MR) is 108 cm³/mol. The molecule has 28 heavy (non-hydrogen) atoms. The molecule has 0 radical (unpaired) electrons. The van der Waals surface area contributed by atoms with E-state index in [1.54, 1.807) is 34.8 Å². The molecule has 7 nitrogen and oxygen atoms in total. The Balaban J connectivity index is 1.83. The molecule has 9 heteroatoms. The van der Waals surface area contributed by atoms with Crippen molar-refractivity contribution in [2.45, 2.75) is 0 Å². The molecular weight excluding hydrogens is 396 g/mol. The minimum absolute atomic E-state index is 0.0316. The minimum Gasteiger partial charge on any atom is -0.258 e. The summed E-state index contributed by atoms with van der Waals surface area (Å²) < 4.78 is 5.06. The fraction of sp³-hybridized carbons (Fsp3) is 0. The van der Waals surface area contributed by atoms with Crippen LogP contribution in [-0.2, 0) is 0 Å². The van der Waals surface area contributed by atoms with Crippen LogP contribution in [0.15, 0.2) is 63.9 Å². The van der Waals surface area contributed by atoms with Crippen LogP contribution in [0.25, 0.3) is 43.3 Å². The molecule has 0 bridgehead atoms. The highest BCUT2D eigenvalue weighted by Gasteiger charge is 2.23. The van der Waals surface area contributed by atoms with Crippen LogP contribution in [0, 0.1) is 10.1 Å². The van der Waals surface area contributed by atoms with Gasteiger partial charge in [0.25, 0.3) is 5.69 Å². The van der Waals surface area contributed by atoms with Crippen LogP contribution < -0.4 is 0 Å². The third kappa shape index (κ3) is 2.68. The van der Waals surface area contributed by atoms with Gasteiger partial charge in [0, 0.05) is 28.1 Å². The summed E-state index contributed by atoms with van der Waals surface area (Å²) in [6.07, 6.45) is 0. The normalized spacial score (nSPS) is 11.1. The Morgan fingerprint density at radius 2 is 1.54 bits per heavy atom. The Labute approximate surface area is 166 Å². The molecule has 0 fully saturated rings. The van der Waals surface area contributed by atoms with Crippen molar-refractivity contribution < 1.29 is 9.55 Å². The average molecular weight is 406 g/mol. The van der Waals surface area contributed by atoms with Crippen molar-refractivity contribution in [3.63, 3.8) is 0 Å². The lowest BCUT2D eigenvalue weighted by molar-refractivity contribution is -0.384. The van der Waals surface area contributed by atoms with Crippen molar-refractivity contribution in [2.24, 2.45) is 0 Å². The summed E-state index contributed by atoms with van der Waals surface area (Å²) in [5.41, 5.74) is 4.18. The van der Waals surface area contributed by atoms with E-state index < -0.39 is 4.92 Å². The topological polar surface area (TPSA) is 95.0 Å². The maximum absolute atomic E-state index is 11.0. The summed E-state index contributed by atoms with van der Waals surface area (Å²) in [6.45, 7) is 0. The van der Waals surface area contributed by atoms with Crippen LogP contribution in [0.4, 0.5) is 5.69 Å². The third-order valence-corrected chi connectivity index (χ3v) is 6.05. The van der Waals surface area contributed by atoms with Crippen LogP contribution in [0.5, 0.6) is 0 Å². The zero-order valence-electron chi connectivity index (χ0n) is 14.1. The second-order valence-electron chi connectivity index (χ2n) is 5.90. The lowest BCUT2D eigenvalue weighted by Gasteiger charge is -2.10. The van der Waals surface area contributed by atoms with Crippen LogP contribution in [0.2, 0.25) is 0 Å². The quantitative estimate of drug-likeness (QED) is 0.283. The van der Waals surface area contributed by atoms with Gasteiger partial charge in [0.15, 0.2) is 5.52 Å². The smallest absolute Gasteiger partial charge is 0.258 e. The molecule has 0 N–H and O–H groups in total. The monoisotopic (exact) mass is 406 g/mol. The van der Waals surface area contributed by atoms with Crippen molar-refractivity contribution in [1.29, 1.82) is 0 Å². The number of nitro benzene ring substituents is 1. The van der Waals surface area contributed by atoms with Crippen molar-refractivity contribution in [3.8, 4) is 32.3 Å². The standard InChI is InChI=1S/C19H10N4O3S2/c24-23(25)12-7-5-11(6-8-12)16-15(13-3-1-9-27-13)18-19(22-26-21-18)17(20-16)14-4-2-10-28-14/h1-10H. The minimum atomic E-state index is -0.417. The van der Waals surface area contributed by atoms with Crippen molar-refractivity contribution in [2.75, 3.05) is 0 Å². The van der Waals surface area contributed by atoms with E-state index >= 15 is 0 Å². The first-order valence-electron chi connectivity index (χ1n) is 8.21. The number of benzene rings is 1. The van der Waals surface area contributed by atoms with Crippen LogP contribution >= 0.6 is 22.7 Å². The van der Waals surface area contributed by atoms with Crippen molar-refractivity contribution >= 4 is 39.4 Å². The number of non-ortho nitro benzene ring substituents is 1.